The molecule has 0 unspecified atom stereocenters. The van der Waals surface area contributed by atoms with Gasteiger partial charge in [0, 0.05) is 18.1 Å². The van der Waals surface area contributed by atoms with Crippen LogP contribution in [0.5, 0.6) is 0 Å². The highest BCUT2D eigenvalue weighted by atomic mass is 16.6. The minimum Gasteiger partial charge on any atom is -0.444 e. The maximum atomic E-state index is 11.9. The summed E-state index contributed by atoms with van der Waals surface area (Å²) in [5.74, 6) is 0. The van der Waals surface area contributed by atoms with E-state index >= 15 is 0 Å². The van der Waals surface area contributed by atoms with Gasteiger partial charge in [0.1, 0.15) is 5.60 Å². The lowest BCUT2D eigenvalue weighted by molar-refractivity contribution is 0.0495. The number of carbonyl (C=O) groups is 1. The third-order valence-corrected chi connectivity index (χ3v) is 4.39. The third-order valence-electron chi connectivity index (χ3n) is 4.39. The molecule has 1 aliphatic heterocycles. The second kappa shape index (κ2) is 6.97. The molecule has 0 aromatic carbocycles. The highest BCUT2D eigenvalue weighted by molar-refractivity contribution is 5.68. The zero-order valence-corrected chi connectivity index (χ0v) is 13.9. The highest BCUT2D eigenvalue weighted by Gasteiger charge is 2.32. The van der Waals surface area contributed by atoms with Gasteiger partial charge in [0.15, 0.2) is 0 Å². The highest BCUT2D eigenvalue weighted by Crippen LogP contribution is 2.22. The first-order valence-electron chi connectivity index (χ1n) is 8.27. The molecule has 2 fully saturated rings. The average Bonchev–Trinajstić information content (AvgIpc) is 2.77. The van der Waals surface area contributed by atoms with Crippen LogP contribution in [-0.2, 0) is 4.74 Å². The van der Waals surface area contributed by atoms with E-state index in [1.807, 2.05) is 20.8 Å². The number of nitrogens with zero attached hydrogens (tertiary/aromatic N) is 1. The molecular formula is C16H31N3O2. The normalized spacial score (nSPS) is 28.6. The van der Waals surface area contributed by atoms with Crippen LogP contribution in [0.3, 0.4) is 0 Å². The smallest absolute Gasteiger partial charge is 0.407 e. The van der Waals surface area contributed by atoms with Gasteiger partial charge in [-0.05, 0) is 73.0 Å². The number of hydrogen-bond donors (Lipinski definition) is 2. The van der Waals surface area contributed by atoms with Crippen LogP contribution in [0.15, 0.2) is 0 Å². The van der Waals surface area contributed by atoms with Crippen LogP contribution < -0.4 is 10.6 Å². The summed E-state index contributed by atoms with van der Waals surface area (Å²) in [7, 11) is 2.18. The largest absolute Gasteiger partial charge is 0.444 e. The molecule has 2 rings (SSSR count). The van der Waals surface area contributed by atoms with E-state index in [-0.39, 0.29) is 12.1 Å². The first kappa shape index (κ1) is 16.6. The monoisotopic (exact) mass is 297 g/mol. The molecule has 5 nitrogen and oxygen atoms in total. The second-order valence-electron chi connectivity index (χ2n) is 7.53. The van der Waals surface area contributed by atoms with Gasteiger partial charge in [0.25, 0.3) is 0 Å². The molecule has 5 heteroatoms. The van der Waals surface area contributed by atoms with Crippen molar-refractivity contribution in [1.29, 1.82) is 0 Å². The Morgan fingerprint density at radius 3 is 2.33 bits per heavy atom. The molecule has 1 heterocycles. The molecular weight excluding hydrogens is 266 g/mol. The first-order chi connectivity index (χ1) is 9.83. The van der Waals surface area contributed by atoms with Gasteiger partial charge in [-0.25, -0.2) is 4.79 Å². The summed E-state index contributed by atoms with van der Waals surface area (Å²) in [6.07, 6.45) is 5.48. The first-order valence-corrected chi connectivity index (χ1v) is 8.27. The minimum absolute atomic E-state index is 0.208. The number of hydrogen-bond acceptors (Lipinski definition) is 4. The fourth-order valence-corrected chi connectivity index (χ4v) is 3.27. The van der Waals surface area contributed by atoms with Crippen molar-refractivity contribution < 1.29 is 9.53 Å². The van der Waals surface area contributed by atoms with Gasteiger partial charge in [0.2, 0.25) is 0 Å². The molecule has 1 saturated heterocycles. The van der Waals surface area contributed by atoms with Gasteiger partial charge in [-0.1, -0.05) is 0 Å². The summed E-state index contributed by atoms with van der Waals surface area (Å²) in [6, 6.07) is 1.19. The van der Waals surface area contributed by atoms with Crippen molar-refractivity contribution in [3.05, 3.63) is 0 Å². The Morgan fingerprint density at radius 1 is 1.10 bits per heavy atom. The summed E-state index contributed by atoms with van der Waals surface area (Å²) in [6.45, 7) is 8.02. The maximum Gasteiger partial charge on any atom is 0.407 e. The summed E-state index contributed by atoms with van der Waals surface area (Å²) >= 11 is 0. The van der Waals surface area contributed by atoms with Crippen LogP contribution in [0.4, 0.5) is 4.79 Å². The van der Waals surface area contributed by atoms with Gasteiger partial charge in [-0.15, -0.1) is 0 Å². The number of ether oxygens (including phenoxy) is 1. The lowest BCUT2D eigenvalue weighted by atomic mass is 10.0. The molecule has 1 aliphatic carbocycles. The number of nitrogens with one attached hydrogen (secondary N) is 2. The van der Waals surface area contributed by atoms with Crippen molar-refractivity contribution in [2.45, 2.75) is 76.6 Å². The van der Waals surface area contributed by atoms with Crippen LogP contribution in [0, 0.1) is 0 Å². The Morgan fingerprint density at radius 2 is 1.71 bits per heavy atom. The van der Waals surface area contributed by atoms with Gasteiger partial charge >= 0.3 is 6.09 Å². The van der Waals surface area contributed by atoms with Crippen LogP contribution in [0.1, 0.15) is 52.9 Å². The van der Waals surface area contributed by atoms with E-state index in [9.17, 15) is 4.79 Å². The van der Waals surface area contributed by atoms with E-state index in [1.54, 1.807) is 0 Å². The number of amides is 1. The van der Waals surface area contributed by atoms with Crippen LogP contribution in [-0.4, -0.2) is 54.9 Å². The molecule has 0 radical (unpaired) electrons. The molecule has 1 amide bonds. The predicted octanol–water partition coefficient (Wildman–Crippen LogP) is 2.12. The predicted molar refractivity (Wildman–Crippen MR) is 84.5 cm³/mol. The van der Waals surface area contributed by atoms with Crippen LogP contribution in [0.2, 0.25) is 0 Å². The molecule has 1 saturated carbocycles. The minimum atomic E-state index is -0.431. The molecule has 122 valence electrons. The Balaban J connectivity index is 1.79. The Labute approximate surface area is 128 Å². The Hall–Kier alpha value is -0.810. The zero-order chi connectivity index (χ0) is 15.5. The number of likely N-dealkylation sites (tertiary alicyclic amines) is 1. The van der Waals surface area contributed by atoms with Crippen LogP contribution in [0.25, 0.3) is 0 Å². The second-order valence-corrected chi connectivity index (χ2v) is 7.53. The number of alkyl carbamates (subject to hydrolysis) is 1. The van der Waals surface area contributed by atoms with E-state index < -0.39 is 5.60 Å². The fraction of sp³-hybridized carbons (Fsp3) is 0.938. The Bertz CT molecular complexity index is 346. The topological polar surface area (TPSA) is 53.6 Å². The Kier molecular flexibility index (Phi) is 5.49. The van der Waals surface area contributed by atoms with Crippen molar-refractivity contribution in [1.82, 2.24) is 15.5 Å². The molecule has 2 atom stereocenters. The number of carbonyl (C=O) groups excluding carboxylic acids is 1. The van der Waals surface area contributed by atoms with E-state index in [0.29, 0.717) is 12.1 Å². The molecule has 0 bridgehead atoms. The van der Waals surface area contributed by atoms with Gasteiger partial charge in [-0.2, -0.15) is 0 Å². The maximum absolute atomic E-state index is 11.9. The molecule has 0 spiro atoms. The van der Waals surface area contributed by atoms with Gasteiger partial charge in [-0.3, -0.25) is 0 Å². The molecule has 0 aromatic rings. The lowest BCUT2D eigenvalue weighted by Crippen LogP contribution is -2.52. The number of piperidine rings is 1. The molecule has 2 N–H and O–H groups in total. The summed E-state index contributed by atoms with van der Waals surface area (Å²) in [4.78, 5) is 14.3. The SMILES string of the molecule is CN1CCC(N[C@@H]2CCC[C@H]2NC(=O)OC(C)(C)C)CC1. The van der Waals surface area contributed by atoms with E-state index in [4.69, 9.17) is 4.74 Å². The van der Waals surface area contributed by atoms with Crippen molar-refractivity contribution in [3.8, 4) is 0 Å². The summed E-state index contributed by atoms with van der Waals surface area (Å²) < 4.78 is 5.37. The molecule has 0 aromatic heterocycles. The number of rotatable bonds is 3. The van der Waals surface area contributed by atoms with Crippen molar-refractivity contribution in [2.75, 3.05) is 20.1 Å². The van der Waals surface area contributed by atoms with E-state index in [0.717, 1.165) is 25.9 Å². The zero-order valence-electron chi connectivity index (χ0n) is 13.9. The summed E-state index contributed by atoms with van der Waals surface area (Å²) in [5.41, 5.74) is -0.431. The van der Waals surface area contributed by atoms with Gasteiger partial charge < -0.3 is 20.3 Å². The standard InChI is InChI=1S/C16H31N3O2/c1-16(2,3)21-15(20)18-14-7-5-6-13(14)17-12-8-10-19(4)11-9-12/h12-14,17H,5-11H2,1-4H3,(H,18,20)/t13-,14-/m1/s1. The molecule has 21 heavy (non-hydrogen) atoms. The van der Waals surface area contributed by atoms with Gasteiger partial charge in [0.05, 0.1) is 0 Å². The van der Waals surface area contributed by atoms with Crippen LogP contribution >= 0.6 is 0 Å². The average molecular weight is 297 g/mol. The van der Waals surface area contributed by atoms with Crippen molar-refractivity contribution in [2.24, 2.45) is 0 Å². The summed E-state index contributed by atoms with van der Waals surface area (Å²) in [5, 5.41) is 6.81. The lowest BCUT2D eigenvalue weighted by Gasteiger charge is -2.33. The third kappa shape index (κ3) is 5.47. The quantitative estimate of drug-likeness (QED) is 0.838. The molecule has 2 aliphatic rings. The van der Waals surface area contributed by atoms with Crippen molar-refractivity contribution >= 4 is 6.09 Å². The fourth-order valence-electron chi connectivity index (χ4n) is 3.27. The van der Waals surface area contributed by atoms with E-state index in [2.05, 4.69) is 22.6 Å². The van der Waals surface area contributed by atoms with E-state index in [1.165, 1.54) is 19.3 Å². The van der Waals surface area contributed by atoms with Crippen molar-refractivity contribution in [3.63, 3.8) is 0 Å².